The lowest BCUT2D eigenvalue weighted by Crippen LogP contribution is -2.41. The normalized spacial score (nSPS) is 14.4. The number of anilines is 1. The highest BCUT2D eigenvalue weighted by atomic mass is 32.1. The minimum absolute atomic E-state index is 0.145. The van der Waals surface area contributed by atoms with E-state index < -0.39 is 0 Å². The molecule has 0 aliphatic carbocycles. The Balaban J connectivity index is 1.37. The van der Waals surface area contributed by atoms with Crippen molar-refractivity contribution in [3.63, 3.8) is 0 Å². The first-order valence-electron chi connectivity index (χ1n) is 9.91. The van der Waals surface area contributed by atoms with E-state index in [4.69, 9.17) is 21.7 Å². The Morgan fingerprint density at radius 2 is 1.77 bits per heavy atom. The number of ether oxygens (including phenoxy) is 2. The van der Waals surface area contributed by atoms with E-state index in [9.17, 15) is 4.39 Å². The minimum atomic E-state index is -0.273. The number of likely N-dealkylation sites (tertiary alicyclic amines) is 1. The van der Waals surface area contributed by atoms with E-state index in [0.717, 1.165) is 37.2 Å². The van der Waals surface area contributed by atoms with Crippen LogP contribution in [0.25, 0.3) is 11.4 Å². The van der Waals surface area contributed by atoms with Crippen molar-refractivity contribution in [3.8, 4) is 22.9 Å². The molecule has 1 aliphatic heterocycles. The highest BCUT2D eigenvalue weighted by Crippen LogP contribution is 2.31. The van der Waals surface area contributed by atoms with E-state index in [0.29, 0.717) is 22.4 Å². The summed E-state index contributed by atoms with van der Waals surface area (Å²) >= 11 is 5.50. The van der Waals surface area contributed by atoms with Crippen molar-refractivity contribution in [1.29, 1.82) is 0 Å². The maximum Gasteiger partial charge on any atom is 0.205 e. The van der Waals surface area contributed by atoms with E-state index >= 15 is 0 Å². The highest BCUT2D eigenvalue weighted by Gasteiger charge is 2.24. The Morgan fingerprint density at radius 3 is 2.45 bits per heavy atom. The number of halogens is 1. The van der Waals surface area contributed by atoms with E-state index in [1.165, 1.54) is 12.1 Å². The number of thiocarbonyl (C=S) groups is 1. The number of rotatable bonds is 5. The molecule has 1 aliphatic rings. The molecule has 0 bridgehead atoms. The number of nitrogens with zero attached hydrogens (tertiary/aromatic N) is 5. The molecular formula is C21H23FN6O2S. The molecule has 0 radical (unpaired) electrons. The van der Waals surface area contributed by atoms with Crippen molar-refractivity contribution in [2.45, 2.75) is 18.9 Å². The number of benzene rings is 2. The molecule has 1 N–H and O–H groups in total. The second-order valence-corrected chi connectivity index (χ2v) is 7.55. The number of hydrogen-bond acceptors (Lipinski definition) is 6. The quantitative estimate of drug-likeness (QED) is 0.602. The molecule has 8 nitrogen and oxygen atoms in total. The van der Waals surface area contributed by atoms with Crippen LogP contribution in [0.4, 0.5) is 10.1 Å². The van der Waals surface area contributed by atoms with Crippen LogP contribution < -0.4 is 14.8 Å². The van der Waals surface area contributed by atoms with Crippen LogP contribution in [0.2, 0.25) is 0 Å². The van der Waals surface area contributed by atoms with Gasteiger partial charge in [0, 0.05) is 24.3 Å². The van der Waals surface area contributed by atoms with Crippen LogP contribution in [0, 0.1) is 5.82 Å². The summed E-state index contributed by atoms with van der Waals surface area (Å²) in [4.78, 5) is 3.78. The van der Waals surface area contributed by atoms with Crippen LogP contribution in [-0.4, -0.2) is 57.5 Å². The van der Waals surface area contributed by atoms with E-state index in [2.05, 4.69) is 25.6 Å². The molecule has 0 saturated carbocycles. The molecule has 1 saturated heterocycles. The zero-order valence-corrected chi connectivity index (χ0v) is 18.1. The van der Waals surface area contributed by atoms with E-state index in [1.807, 2.05) is 18.2 Å². The van der Waals surface area contributed by atoms with Gasteiger partial charge in [0.25, 0.3) is 0 Å². The molecule has 0 amide bonds. The van der Waals surface area contributed by atoms with Gasteiger partial charge in [0.1, 0.15) is 5.82 Å². The van der Waals surface area contributed by atoms with E-state index in [1.54, 1.807) is 31.1 Å². The summed E-state index contributed by atoms with van der Waals surface area (Å²) in [5, 5.41) is 16.8. The molecule has 0 unspecified atom stereocenters. The van der Waals surface area contributed by atoms with Crippen molar-refractivity contribution >= 4 is 23.0 Å². The SMILES string of the molecule is COc1ccc(-c2nnn(C3CCN(C(=S)Nc4ccc(F)cc4)CC3)n2)cc1OC. The molecule has 1 aromatic heterocycles. The fourth-order valence-electron chi connectivity index (χ4n) is 3.51. The first kappa shape index (κ1) is 21.0. The molecule has 3 aromatic rings. The summed E-state index contributed by atoms with van der Waals surface area (Å²) in [5.74, 6) is 1.53. The number of tetrazole rings is 1. The third-order valence-corrected chi connectivity index (χ3v) is 5.60. The summed E-state index contributed by atoms with van der Waals surface area (Å²) in [5.41, 5.74) is 1.58. The first-order chi connectivity index (χ1) is 15.1. The second-order valence-electron chi connectivity index (χ2n) is 7.16. The zero-order valence-electron chi connectivity index (χ0n) is 17.3. The Kier molecular flexibility index (Phi) is 6.26. The average molecular weight is 443 g/mol. The Labute approximate surface area is 185 Å². The minimum Gasteiger partial charge on any atom is -0.493 e. The van der Waals surface area contributed by atoms with Crippen molar-refractivity contribution in [2.75, 3.05) is 32.6 Å². The monoisotopic (exact) mass is 442 g/mol. The van der Waals surface area contributed by atoms with Crippen LogP contribution in [0.5, 0.6) is 11.5 Å². The van der Waals surface area contributed by atoms with E-state index in [-0.39, 0.29) is 11.9 Å². The van der Waals surface area contributed by atoms with Crippen molar-refractivity contribution in [3.05, 3.63) is 48.3 Å². The van der Waals surface area contributed by atoms with Crippen LogP contribution in [0.15, 0.2) is 42.5 Å². The van der Waals surface area contributed by atoms with Gasteiger partial charge < -0.3 is 19.7 Å². The molecule has 0 atom stereocenters. The van der Waals surface area contributed by atoms with Gasteiger partial charge in [-0.15, -0.1) is 10.2 Å². The lowest BCUT2D eigenvalue weighted by Gasteiger charge is -2.33. The zero-order chi connectivity index (χ0) is 21.8. The molecule has 4 rings (SSSR count). The topological polar surface area (TPSA) is 77.3 Å². The maximum absolute atomic E-state index is 13.1. The Morgan fingerprint density at radius 1 is 1.06 bits per heavy atom. The van der Waals surface area contributed by atoms with Crippen LogP contribution in [0.3, 0.4) is 0 Å². The first-order valence-corrected chi connectivity index (χ1v) is 10.3. The Bertz CT molecular complexity index is 1050. The predicted octanol–water partition coefficient (Wildman–Crippen LogP) is 3.53. The van der Waals surface area contributed by atoms with Crippen LogP contribution in [-0.2, 0) is 0 Å². The standard InChI is InChI=1S/C21H23FN6O2S/c1-29-18-8-3-14(13-19(18)30-2)20-24-26-28(25-20)17-9-11-27(12-10-17)21(31)23-16-6-4-15(22)5-7-16/h3-8,13,17H,9-12H2,1-2H3,(H,23,31). The molecule has 162 valence electrons. The molecule has 2 heterocycles. The average Bonchev–Trinajstić information content (AvgIpc) is 3.30. The van der Waals surface area contributed by atoms with Gasteiger partial charge in [0.15, 0.2) is 16.6 Å². The largest absolute Gasteiger partial charge is 0.493 e. The molecule has 10 heteroatoms. The lowest BCUT2D eigenvalue weighted by atomic mass is 10.1. The number of aromatic nitrogens is 4. The summed E-state index contributed by atoms with van der Waals surface area (Å²) in [6, 6.07) is 11.8. The number of nitrogens with one attached hydrogen (secondary N) is 1. The van der Waals surface area contributed by atoms with Gasteiger partial charge in [-0.05, 0) is 72.7 Å². The second kappa shape index (κ2) is 9.25. The van der Waals surface area contributed by atoms with Crippen molar-refractivity contribution in [1.82, 2.24) is 25.1 Å². The fraction of sp³-hybridized carbons (Fsp3) is 0.333. The summed E-state index contributed by atoms with van der Waals surface area (Å²) in [6.45, 7) is 1.54. The van der Waals surface area contributed by atoms with Gasteiger partial charge in [0.05, 0.1) is 20.3 Å². The van der Waals surface area contributed by atoms with Crippen molar-refractivity contribution < 1.29 is 13.9 Å². The smallest absolute Gasteiger partial charge is 0.205 e. The summed E-state index contributed by atoms with van der Waals surface area (Å²) in [7, 11) is 3.19. The van der Waals surface area contributed by atoms with Gasteiger partial charge in [-0.2, -0.15) is 4.80 Å². The molecule has 0 spiro atoms. The van der Waals surface area contributed by atoms with Crippen LogP contribution in [0.1, 0.15) is 18.9 Å². The highest BCUT2D eigenvalue weighted by molar-refractivity contribution is 7.80. The molecule has 2 aromatic carbocycles. The Hall–Kier alpha value is -3.27. The van der Waals surface area contributed by atoms with Gasteiger partial charge in [-0.25, -0.2) is 4.39 Å². The van der Waals surface area contributed by atoms with Gasteiger partial charge in [0.2, 0.25) is 5.82 Å². The number of hydrogen-bond donors (Lipinski definition) is 1. The molecule has 1 fully saturated rings. The third kappa shape index (κ3) is 4.74. The van der Waals surface area contributed by atoms with Gasteiger partial charge >= 0.3 is 0 Å². The third-order valence-electron chi connectivity index (χ3n) is 5.24. The fourth-order valence-corrected chi connectivity index (χ4v) is 3.81. The lowest BCUT2D eigenvalue weighted by molar-refractivity contribution is 0.238. The number of methoxy groups -OCH3 is 2. The van der Waals surface area contributed by atoms with Gasteiger partial charge in [-0.3, -0.25) is 0 Å². The molecule has 31 heavy (non-hydrogen) atoms. The molecular weight excluding hydrogens is 419 g/mol. The predicted molar refractivity (Wildman–Crippen MR) is 119 cm³/mol. The maximum atomic E-state index is 13.1. The van der Waals surface area contributed by atoms with Crippen LogP contribution >= 0.6 is 12.2 Å². The van der Waals surface area contributed by atoms with Gasteiger partial charge in [-0.1, -0.05) is 0 Å². The number of piperidine rings is 1. The summed E-state index contributed by atoms with van der Waals surface area (Å²) < 4.78 is 23.7. The summed E-state index contributed by atoms with van der Waals surface area (Å²) in [6.07, 6.45) is 1.68. The van der Waals surface area contributed by atoms with Crippen molar-refractivity contribution in [2.24, 2.45) is 0 Å².